The Morgan fingerprint density at radius 2 is 1.74 bits per heavy atom. The monoisotopic (exact) mass is 371 g/mol. The van der Waals surface area contributed by atoms with Crippen LogP contribution in [-0.4, -0.2) is 36.5 Å². The predicted molar refractivity (Wildman–Crippen MR) is 111 cm³/mol. The molecular weight excluding hydrogens is 334 g/mol. The third kappa shape index (κ3) is 5.32. The topological polar surface area (TPSA) is 58.4 Å². The zero-order valence-corrected chi connectivity index (χ0v) is 17.1. The number of likely N-dealkylation sites (tertiary alicyclic amines) is 1. The minimum absolute atomic E-state index is 0.0445. The molecule has 0 radical (unpaired) electrons. The first-order valence-corrected chi connectivity index (χ1v) is 10.8. The van der Waals surface area contributed by atoms with E-state index in [-0.39, 0.29) is 17.4 Å². The van der Waals surface area contributed by atoms with Gasteiger partial charge in [0.15, 0.2) is 0 Å². The van der Waals surface area contributed by atoms with Gasteiger partial charge in [-0.05, 0) is 42.2 Å². The van der Waals surface area contributed by atoms with Gasteiger partial charge in [-0.3, -0.25) is 9.69 Å². The SMILES string of the molecule is CC1CN(Cc2ccccc2)CC(C)C1NC(=O)CC1(CN)CCCCC1. The average molecular weight is 372 g/mol. The maximum absolute atomic E-state index is 12.8. The molecular formula is C23H37N3O. The summed E-state index contributed by atoms with van der Waals surface area (Å²) in [6.07, 6.45) is 6.55. The van der Waals surface area contributed by atoms with E-state index >= 15 is 0 Å². The lowest BCUT2D eigenvalue weighted by atomic mass is 9.71. The molecule has 2 fully saturated rings. The van der Waals surface area contributed by atoms with Crippen molar-refractivity contribution in [1.29, 1.82) is 0 Å². The Balaban J connectivity index is 1.54. The minimum atomic E-state index is 0.0445. The molecule has 0 aromatic heterocycles. The zero-order chi connectivity index (χ0) is 19.3. The fraction of sp³-hybridized carbons (Fsp3) is 0.696. The van der Waals surface area contributed by atoms with Crippen molar-refractivity contribution >= 4 is 5.91 Å². The summed E-state index contributed by atoms with van der Waals surface area (Å²) in [5.74, 6) is 1.13. The molecule has 1 saturated heterocycles. The highest BCUT2D eigenvalue weighted by atomic mass is 16.1. The molecule has 1 aliphatic carbocycles. The van der Waals surface area contributed by atoms with E-state index in [1.807, 2.05) is 0 Å². The van der Waals surface area contributed by atoms with E-state index in [4.69, 9.17) is 5.73 Å². The van der Waals surface area contributed by atoms with Crippen LogP contribution in [-0.2, 0) is 11.3 Å². The van der Waals surface area contributed by atoms with Gasteiger partial charge in [-0.15, -0.1) is 0 Å². The summed E-state index contributed by atoms with van der Waals surface area (Å²) < 4.78 is 0. The molecule has 1 aliphatic heterocycles. The summed E-state index contributed by atoms with van der Waals surface area (Å²) in [6, 6.07) is 10.9. The standard InChI is InChI=1S/C23H37N3O/c1-18-14-26(16-20-9-5-3-6-10-20)15-19(2)22(18)25-21(27)13-23(17-24)11-7-4-8-12-23/h3,5-6,9-10,18-19,22H,4,7-8,11-17,24H2,1-2H3,(H,25,27). The fourth-order valence-electron chi connectivity index (χ4n) is 5.26. The maximum atomic E-state index is 12.8. The number of amides is 1. The van der Waals surface area contributed by atoms with Crippen LogP contribution in [0.1, 0.15) is 57.9 Å². The lowest BCUT2D eigenvalue weighted by Gasteiger charge is -2.42. The third-order valence-corrected chi connectivity index (χ3v) is 6.78. The third-order valence-electron chi connectivity index (χ3n) is 6.78. The largest absolute Gasteiger partial charge is 0.353 e. The zero-order valence-electron chi connectivity index (χ0n) is 17.1. The Hall–Kier alpha value is -1.39. The Labute approximate surface area is 164 Å². The van der Waals surface area contributed by atoms with Gasteiger partial charge in [0.05, 0.1) is 0 Å². The Morgan fingerprint density at radius 1 is 1.11 bits per heavy atom. The number of piperidine rings is 1. The lowest BCUT2D eigenvalue weighted by Crippen LogP contribution is -2.55. The highest BCUT2D eigenvalue weighted by Gasteiger charge is 2.36. The molecule has 4 heteroatoms. The first-order valence-electron chi connectivity index (χ1n) is 10.8. The van der Waals surface area contributed by atoms with Crippen molar-refractivity contribution in [3.63, 3.8) is 0 Å². The van der Waals surface area contributed by atoms with E-state index in [0.29, 0.717) is 24.8 Å². The molecule has 2 atom stereocenters. The molecule has 1 saturated carbocycles. The maximum Gasteiger partial charge on any atom is 0.220 e. The quantitative estimate of drug-likeness (QED) is 0.804. The molecule has 3 N–H and O–H groups in total. The average Bonchev–Trinajstić information content (AvgIpc) is 2.66. The number of carbonyl (C=O) groups is 1. The van der Waals surface area contributed by atoms with Gasteiger partial charge in [0.2, 0.25) is 5.91 Å². The summed E-state index contributed by atoms with van der Waals surface area (Å²) in [5.41, 5.74) is 7.49. The van der Waals surface area contributed by atoms with E-state index < -0.39 is 0 Å². The van der Waals surface area contributed by atoms with Crippen LogP contribution in [0.5, 0.6) is 0 Å². The highest BCUT2D eigenvalue weighted by Crippen LogP contribution is 2.38. The van der Waals surface area contributed by atoms with E-state index in [9.17, 15) is 4.79 Å². The first-order chi connectivity index (χ1) is 13.0. The van der Waals surface area contributed by atoms with Gasteiger partial charge in [0.1, 0.15) is 0 Å². The number of nitrogens with two attached hydrogens (primary N) is 1. The summed E-state index contributed by atoms with van der Waals surface area (Å²) in [4.78, 5) is 15.4. The number of nitrogens with zero attached hydrogens (tertiary/aromatic N) is 1. The van der Waals surface area contributed by atoms with Gasteiger partial charge in [-0.1, -0.05) is 63.4 Å². The Bertz CT molecular complexity index is 585. The van der Waals surface area contributed by atoms with Gasteiger partial charge in [0, 0.05) is 32.1 Å². The van der Waals surface area contributed by atoms with Crippen LogP contribution in [0, 0.1) is 17.3 Å². The molecule has 27 heavy (non-hydrogen) atoms. The fourth-order valence-corrected chi connectivity index (χ4v) is 5.26. The molecule has 4 nitrogen and oxygen atoms in total. The normalized spacial score (nSPS) is 28.6. The minimum Gasteiger partial charge on any atom is -0.353 e. The van der Waals surface area contributed by atoms with Crippen LogP contribution < -0.4 is 11.1 Å². The van der Waals surface area contributed by atoms with Crippen molar-refractivity contribution in [2.75, 3.05) is 19.6 Å². The molecule has 3 rings (SSSR count). The number of benzene rings is 1. The highest BCUT2D eigenvalue weighted by molar-refractivity contribution is 5.77. The molecule has 0 bridgehead atoms. The molecule has 1 aromatic carbocycles. The van der Waals surface area contributed by atoms with Gasteiger partial charge >= 0.3 is 0 Å². The first kappa shape index (κ1) is 20.3. The van der Waals surface area contributed by atoms with Crippen molar-refractivity contribution in [3.05, 3.63) is 35.9 Å². The Morgan fingerprint density at radius 3 is 2.33 bits per heavy atom. The lowest BCUT2D eigenvalue weighted by molar-refractivity contribution is -0.126. The van der Waals surface area contributed by atoms with Gasteiger partial charge in [-0.25, -0.2) is 0 Å². The van der Waals surface area contributed by atoms with E-state index in [1.165, 1.54) is 24.8 Å². The van der Waals surface area contributed by atoms with Crippen molar-refractivity contribution in [2.24, 2.45) is 23.0 Å². The molecule has 0 spiro atoms. The van der Waals surface area contributed by atoms with Crippen LogP contribution in [0.3, 0.4) is 0 Å². The number of rotatable bonds is 6. The van der Waals surface area contributed by atoms with Crippen LogP contribution in [0.15, 0.2) is 30.3 Å². The number of carbonyl (C=O) groups excluding carboxylic acids is 1. The van der Waals surface area contributed by atoms with Crippen molar-refractivity contribution in [2.45, 2.75) is 65.0 Å². The number of nitrogens with one attached hydrogen (secondary N) is 1. The van der Waals surface area contributed by atoms with Gasteiger partial charge in [0.25, 0.3) is 0 Å². The van der Waals surface area contributed by atoms with Crippen LogP contribution >= 0.6 is 0 Å². The van der Waals surface area contributed by atoms with Gasteiger partial charge in [-0.2, -0.15) is 0 Å². The second-order valence-corrected chi connectivity index (χ2v) is 9.17. The van der Waals surface area contributed by atoms with Crippen LogP contribution in [0.2, 0.25) is 0 Å². The van der Waals surface area contributed by atoms with Crippen molar-refractivity contribution in [3.8, 4) is 0 Å². The van der Waals surface area contributed by atoms with Crippen LogP contribution in [0.4, 0.5) is 0 Å². The Kier molecular flexibility index (Phi) is 6.93. The molecule has 2 unspecified atom stereocenters. The molecule has 2 aliphatic rings. The van der Waals surface area contributed by atoms with Crippen molar-refractivity contribution < 1.29 is 4.79 Å². The summed E-state index contributed by atoms with van der Waals surface area (Å²) in [5, 5.41) is 3.39. The van der Waals surface area contributed by atoms with E-state index in [2.05, 4.69) is 54.4 Å². The van der Waals surface area contributed by atoms with E-state index in [0.717, 1.165) is 32.5 Å². The second-order valence-electron chi connectivity index (χ2n) is 9.17. The summed E-state index contributed by atoms with van der Waals surface area (Å²) >= 11 is 0. The predicted octanol–water partition coefficient (Wildman–Crippen LogP) is 3.56. The second kappa shape index (κ2) is 9.20. The molecule has 1 aromatic rings. The number of hydrogen-bond acceptors (Lipinski definition) is 3. The molecule has 1 heterocycles. The number of hydrogen-bond donors (Lipinski definition) is 2. The smallest absolute Gasteiger partial charge is 0.220 e. The molecule has 150 valence electrons. The molecule has 1 amide bonds. The summed E-state index contributed by atoms with van der Waals surface area (Å²) in [6.45, 7) is 8.25. The summed E-state index contributed by atoms with van der Waals surface area (Å²) in [7, 11) is 0. The van der Waals surface area contributed by atoms with Crippen molar-refractivity contribution in [1.82, 2.24) is 10.2 Å². The van der Waals surface area contributed by atoms with Crippen LogP contribution in [0.25, 0.3) is 0 Å². The van der Waals surface area contributed by atoms with Gasteiger partial charge < -0.3 is 11.1 Å². The van der Waals surface area contributed by atoms with E-state index in [1.54, 1.807) is 0 Å².